The van der Waals surface area contributed by atoms with E-state index in [0.29, 0.717) is 28.7 Å². The normalized spacial score (nSPS) is 12.2. The van der Waals surface area contributed by atoms with Gasteiger partial charge < -0.3 is 14.4 Å². The molecule has 0 saturated heterocycles. The van der Waals surface area contributed by atoms with Crippen molar-refractivity contribution >= 4 is 34.7 Å². The van der Waals surface area contributed by atoms with Crippen molar-refractivity contribution in [2.75, 3.05) is 6.16 Å². The Labute approximate surface area is 105 Å². The Kier molecular flexibility index (Phi) is 3.58. The van der Waals surface area contributed by atoms with Gasteiger partial charge in [-0.15, -0.1) is 0 Å². The van der Waals surface area contributed by atoms with Gasteiger partial charge in [-0.2, -0.15) is 0 Å². The number of hydrogen-bond donors (Lipinski definition) is 2. The van der Waals surface area contributed by atoms with Crippen LogP contribution in [0.1, 0.15) is 6.42 Å². The topological polar surface area (TPSA) is 101 Å². The summed E-state index contributed by atoms with van der Waals surface area (Å²) in [6.07, 6.45) is 3.23. The first-order chi connectivity index (χ1) is 7.97. The summed E-state index contributed by atoms with van der Waals surface area (Å²) in [7, 11) is -3.93. The van der Waals surface area contributed by atoms with Gasteiger partial charge in [0.2, 0.25) is 0 Å². The fourth-order valence-electron chi connectivity index (χ4n) is 1.46. The molecule has 2 N–H and O–H groups in total. The molecule has 0 aliphatic heterocycles. The number of halogens is 1. The molecular formula is C8H10BrN4O3P. The quantitative estimate of drug-likeness (QED) is 0.647. The summed E-state index contributed by atoms with van der Waals surface area (Å²) in [5.74, 6) is 0. The molecule has 2 heterocycles. The van der Waals surface area contributed by atoms with E-state index in [4.69, 9.17) is 9.79 Å². The predicted molar refractivity (Wildman–Crippen MR) is 64.6 cm³/mol. The summed E-state index contributed by atoms with van der Waals surface area (Å²) in [5, 5.41) is 0. The minimum absolute atomic E-state index is 0.140. The van der Waals surface area contributed by atoms with Gasteiger partial charge in [-0.25, -0.2) is 15.0 Å². The average Bonchev–Trinajstić information content (AvgIpc) is 2.61. The molecule has 2 aromatic rings. The van der Waals surface area contributed by atoms with Gasteiger partial charge in [0.1, 0.15) is 16.4 Å². The Hall–Kier alpha value is -0.820. The van der Waals surface area contributed by atoms with Crippen molar-refractivity contribution in [1.82, 2.24) is 19.5 Å². The lowest BCUT2D eigenvalue weighted by molar-refractivity contribution is 0.370. The van der Waals surface area contributed by atoms with Gasteiger partial charge in [0, 0.05) is 6.54 Å². The molecule has 0 aliphatic carbocycles. The van der Waals surface area contributed by atoms with Crippen molar-refractivity contribution in [1.29, 1.82) is 0 Å². The molecule has 0 spiro atoms. The molecule has 7 nitrogen and oxygen atoms in total. The maximum absolute atomic E-state index is 10.7. The molecule has 9 heteroatoms. The first-order valence-corrected chi connectivity index (χ1v) is 7.42. The van der Waals surface area contributed by atoms with E-state index in [9.17, 15) is 4.57 Å². The zero-order valence-corrected chi connectivity index (χ0v) is 11.2. The molecule has 0 unspecified atom stereocenters. The molecule has 0 aliphatic rings. The predicted octanol–water partition coefficient (Wildman–Crippen LogP) is 1.16. The standard InChI is InChI=1S/C8H10BrN4O3P/c9-7-6-8(11-4-10-7)13(5-12-6)2-1-3-17(14,15)16/h4-5H,1-3H2,(H2,14,15,16). The van der Waals surface area contributed by atoms with Gasteiger partial charge in [0.25, 0.3) is 0 Å². The molecule has 92 valence electrons. The van der Waals surface area contributed by atoms with Crippen LogP contribution in [0.15, 0.2) is 17.3 Å². The SMILES string of the molecule is O=P(O)(O)CCCn1cnc2c(Br)ncnc21. The van der Waals surface area contributed by atoms with E-state index in [-0.39, 0.29) is 6.16 Å². The van der Waals surface area contributed by atoms with Crippen LogP contribution in [-0.4, -0.2) is 35.5 Å². The monoisotopic (exact) mass is 320 g/mol. The van der Waals surface area contributed by atoms with Crippen LogP contribution in [0.25, 0.3) is 11.2 Å². The summed E-state index contributed by atoms with van der Waals surface area (Å²) in [5.41, 5.74) is 1.29. The molecular weight excluding hydrogens is 311 g/mol. The van der Waals surface area contributed by atoms with Gasteiger partial charge in [0.05, 0.1) is 12.5 Å². The highest BCUT2D eigenvalue weighted by molar-refractivity contribution is 9.10. The van der Waals surface area contributed by atoms with Gasteiger partial charge in [-0.05, 0) is 22.4 Å². The number of rotatable bonds is 4. The van der Waals surface area contributed by atoms with Crippen LogP contribution >= 0.6 is 23.5 Å². The molecule has 0 amide bonds. The Balaban J connectivity index is 2.15. The highest BCUT2D eigenvalue weighted by atomic mass is 79.9. The van der Waals surface area contributed by atoms with E-state index in [0.717, 1.165) is 0 Å². The van der Waals surface area contributed by atoms with Gasteiger partial charge in [-0.3, -0.25) is 4.57 Å². The van der Waals surface area contributed by atoms with E-state index in [2.05, 4.69) is 30.9 Å². The van der Waals surface area contributed by atoms with Crippen LogP contribution in [-0.2, 0) is 11.1 Å². The lowest BCUT2D eigenvalue weighted by atomic mass is 10.4. The molecule has 0 bridgehead atoms. The maximum atomic E-state index is 10.7. The number of hydrogen-bond acceptors (Lipinski definition) is 4. The van der Waals surface area contributed by atoms with Crippen molar-refractivity contribution in [3.63, 3.8) is 0 Å². The molecule has 0 aromatic carbocycles. The number of fused-ring (bicyclic) bond motifs is 1. The molecule has 0 atom stereocenters. The van der Waals surface area contributed by atoms with Crippen molar-refractivity contribution < 1.29 is 14.4 Å². The smallest absolute Gasteiger partial charge is 0.324 e. The minimum atomic E-state index is -3.93. The summed E-state index contributed by atoms with van der Waals surface area (Å²) < 4.78 is 13.1. The average molecular weight is 321 g/mol. The highest BCUT2D eigenvalue weighted by Gasteiger charge is 2.13. The Morgan fingerprint density at radius 1 is 1.35 bits per heavy atom. The second-order valence-electron chi connectivity index (χ2n) is 3.52. The zero-order chi connectivity index (χ0) is 12.5. The lowest BCUT2D eigenvalue weighted by Gasteiger charge is -2.05. The van der Waals surface area contributed by atoms with Crippen LogP contribution in [0.2, 0.25) is 0 Å². The molecule has 0 fully saturated rings. The van der Waals surface area contributed by atoms with Crippen molar-refractivity contribution in [3.8, 4) is 0 Å². The third kappa shape index (κ3) is 3.10. The van der Waals surface area contributed by atoms with Crippen LogP contribution in [0.3, 0.4) is 0 Å². The summed E-state index contributed by atoms with van der Waals surface area (Å²) in [4.78, 5) is 29.7. The molecule has 0 saturated carbocycles. The van der Waals surface area contributed by atoms with E-state index >= 15 is 0 Å². The number of aromatic nitrogens is 4. The molecule has 17 heavy (non-hydrogen) atoms. The Morgan fingerprint density at radius 3 is 2.82 bits per heavy atom. The van der Waals surface area contributed by atoms with Crippen LogP contribution in [0.4, 0.5) is 0 Å². The zero-order valence-electron chi connectivity index (χ0n) is 8.69. The van der Waals surface area contributed by atoms with E-state index in [1.54, 1.807) is 10.9 Å². The summed E-state index contributed by atoms with van der Waals surface area (Å²) >= 11 is 3.26. The fourth-order valence-corrected chi connectivity index (χ4v) is 2.39. The Morgan fingerprint density at radius 2 is 2.12 bits per heavy atom. The third-order valence-electron chi connectivity index (χ3n) is 2.20. The van der Waals surface area contributed by atoms with Crippen molar-refractivity contribution in [2.24, 2.45) is 0 Å². The van der Waals surface area contributed by atoms with Crippen molar-refractivity contribution in [3.05, 3.63) is 17.3 Å². The first kappa shape index (κ1) is 12.6. The van der Waals surface area contributed by atoms with Gasteiger partial charge in [0.15, 0.2) is 5.65 Å². The van der Waals surface area contributed by atoms with Gasteiger partial charge in [-0.1, -0.05) is 0 Å². The van der Waals surface area contributed by atoms with E-state index in [1.165, 1.54) is 6.33 Å². The number of imidazole rings is 1. The van der Waals surface area contributed by atoms with Crippen LogP contribution in [0, 0.1) is 0 Å². The second kappa shape index (κ2) is 4.81. The second-order valence-corrected chi connectivity index (χ2v) is 6.04. The van der Waals surface area contributed by atoms with Crippen LogP contribution < -0.4 is 0 Å². The summed E-state index contributed by atoms with van der Waals surface area (Å²) in [6, 6.07) is 0. The molecule has 2 rings (SSSR count). The maximum Gasteiger partial charge on any atom is 0.325 e. The first-order valence-electron chi connectivity index (χ1n) is 4.83. The fraction of sp³-hybridized carbons (Fsp3) is 0.375. The number of aryl methyl sites for hydroxylation is 1. The minimum Gasteiger partial charge on any atom is -0.324 e. The lowest BCUT2D eigenvalue weighted by Crippen LogP contribution is -2.00. The van der Waals surface area contributed by atoms with E-state index in [1.807, 2.05) is 0 Å². The van der Waals surface area contributed by atoms with Crippen LogP contribution in [0.5, 0.6) is 0 Å². The highest BCUT2D eigenvalue weighted by Crippen LogP contribution is 2.35. The Bertz CT molecular complexity index is 581. The molecule has 0 radical (unpaired) electrons. The third-order valence-corrected chi connectivity index (χ3v) is 3.68. The van der Waals surface area contributed by atoms with Crippen molar-refractivity contribution in [2.45, 2.75) is 13.0 Å². The van der Waals surface area contributed by atoms with E-state index < -0.39 is 7.60 Å². The van der Waals surface area contributed by atoms with Gasteiger partial charge >= 0.3 is 7.60 Å². The summed E-state index contributed by atoms with van der Waals surface area (Å²) in [6.45, 7) is 0.463. The largest absolute Gasteiger partial charge is 0.325 e. The number of nitrogens with zero attached hydrogens (tertiary/aromatic N) is 4. The molecule has 2 aromatic heterocycles.